The van der Waals surface area contributed by atoms with E-state index in [1.54, 1.807) is 0 Å². The molecule has 0 aromatic carbocycles. The highest BCUT2D eigenvalue weighted by Crippen LogP contribution is 2.37. The monoisotopic (exact) mass is 341 g/mol. The second-order valence-corrected chi connectivity index (χ2v) is 4.83. The van der Waals surface area contributed by atoms with E-state index in [4.69, 9.17) is 5.73 Å². The number of ether oxygens (including phenoxy) is 2. The van der Waals surface area contributed by atoms with Gasteiger partial charge in [-0.3, -0.25) is 0 Å². The zero-order chi connectivity index (χ0) is 16.9. The van der Waals surface area contributed by atoms with Crippen LogP contribution < -0.4 is 16.8 Å². The molecule has 1 heterocycles. The molecular formula is C10H10F3N3O5S. The molecule has 12 heteroatoms. The zero-order valence-corrected chi connectivity index (χ0v) is 11.5. The van der Waals surface area contributed by atoms with Crippen molar-refractivity contribution in [2.75, 3.05) is 6.54 Å². The minimum atomic E-state index is -4.56. The van der Waals surface area contributed by atoms with E-state index in [-0.39, 0.29) is 4.88 Å². The van der Waals surface area contributed by atoms with Gasteiger partial charge in [0.15, 0.2) is 6.10 Å². The van der Waals surface area contributed by atoms with Gasteiger partial charge in [-0.05, 0) is 12.1 Å². The third-order valence-electron chi connectivity index (χ3n) is 2.11. The highest BCUT2D eigenvalue weighted by Gasteiger charge is 2.33. The molecule has 0 fully saturated rings. The van der Waals surface area contributed by atoms with E-state index in [0.717, 1.165) is 12.1 Å². The summed E-state index contributed by atoms with van der Waals surface area (Å²) in [5.41, 5.74) is 9.41. The van der Waals surface area contributed by atoms with Crippen LogP contribution in [0.25, 0.3) is 0 Å². The van der Waals surface area contributed by atoms with Crippen LogP contribution in [0.5, 0.6) is 0 Å². The lowest BCUT2D eigenvalue weighted by Gasteiger charge is -2.15. The van der Waals surface area contributed by atoms with Gasteiger partial charge < -0.3 is 26.3 Å². The molecule has 1 rings (SSSR count). The van der Waals surface area contributed by atoms with Gasteiger partial charge >= 0.3 is 24.5 Å². The summed E-state index contributed by atoms with van der Waals surface area (Å²) in [4.78, 5) is 31.2. The van der Waals surface area contributed by atoms with E-state index >= 15 is 0 Å². The molecule has 0 aliphatic rings. The van der Waals surface area contributed by atoms with Gasteiger partial charge in [0.2, 0.25) is 0 Å². The van der Waals surface area contributed by atoms with Gasteiger partial charge in [-0.25, -0.2) is 14.4 Å². The van der Waals surface area contributed by atoms with Crippen molar-refractivity contribution in [1.82, 2.24) is 5.32 Å². The van der Waals surface area contributed by atoms with Crippen LogP contribution in [0.2, 0.25) is 0 Å². The molecule has 0 aliphatic carbocycles. The van der Waals surface area contributed by atoms with Crippen LogP contribution >= 0.6 is 11.3 Å². The van der Waals surface area contributed by atoms with E-state index < -0.39 is 42.0 Å². The summed E-state index contributed by atoms with van der Waals surface area (Å²) in [7, 11) is 0. The van der Waals surface area contributed by atoms with E-state index in [1.807, 2.05) is 5.32 Å². The Balaban J connectivity index is 2.80. The molecule has 1 aromatic rings. The minimum absolute atomic E-state index is 0.00880. The Morgan fingerprint density at radius 1 is 1.23 bits per heavy atom. The summed E-state index contributed by atoms with van der Waals surface area (Å²) in [6.45, 7) is -0.465. The molecule has 0 radical (unpaired) electrons. The summed E-state index contributed by atoms with van der Waals surface area (Å²) in [6.07, 6.45) is -9.71. The fourth-order valence-corrected chi connectivity index (χ4v) is 2.23. The molecular weight excluding hydrogens is 331 g/mol. The quantitative estimate of drug-likeness (QED) is 0.717. The van der Waals surface area contributed by atoms with Crippen molar-refractivity contribution in [3.8, 4) is 0 Å². The molecule has 122 valence electrons. The maximum absolute atomic E-state index is 12.5. The van der Waals surface area contributed by atoms with Crippen molar-refractivity contribution in [3.63, 3.8) is 0 Å². The van der Waals surface area contributed by atoms with Crippen LogP contribution in [-0.4, -0.2) is 24.8 Å². The molecule has 8 nitrogen and oxygen atoms in total. The summed E-state index contributed by atoms with van der Waals surface area (Å²) in [5.74, 6) is 0. The molecule has 1 unspecified atom stereocenters. The number of nitrogens with two attached hydrogens (primary N) is 2. The van der Waals surface area contributed by atoms with Crippen LogP contribution in [0.4, 0.5) is 27.6 Å². The summed E-state index contributed by atoms with van der Waals surface area (Å²) in [5, 5.41) is 2.00. The first-order valence-corrected chi connectivity index (χ1v) is 6.29. The number of alkyl carbamates (subject to hydrolysis) is 1. The van der Waals surface area contributed by atoms with E-state index in [2.05, 4.69) is 15.2 Å². The standard InChI is InChI=1S/C10H10F3N3O5S/c11-10(12,13)6-2-1-5(22-6)4(20-7(14)17)3-16-9(19)21-8(15)18/h1-2,4H,3H2,(H2,14,17)(H2,15,18)(H,16,19). The predicted molar refractivity (Wildman–Crippen MR) is 66.8 cm³/mol. The molecule has 5 N–H and O–H groups in total. The summed E-state index contributed by atoms with van der Waals surface area (Å²) >= 11 is 0.314. The summed E-state index contributed by atoms with van der Waals surface area (Å²) < 4.78 is 46.1. The number of carbonyl (C=O) groups is 3. The highest BCUT2D eigenvalue weighted by atomic mass is 32.1. The van der Waals surface area contributed by atoms with Gasteiger partial charge in [-0.1, -0.05) is 0 Å². The minimum Gasteiger partial charge on any atom is -0.439 e. The predicted octanol–water partition coefficient (Wildman–Crippen LogP) is 1.71. The second kappa shape index (κ2) is 6.98. The molecule has 0 spiro atoms. The topological polar surface area (TPSA) is 134 Å². The molecule has 3 amide bonds. The first-order valence-electron chi connectivity index (χ1n) is 5.47. The average Bonchev–Trinajstić information content (AvgIpc) is 2.82. The van der Waals surface area contributed by atoms with E-state index in [1.165, 1.54) is 0 Å². The Kier molecular flexibility index (Phi) is 5.56. The first kappa shape index (κ1) is 17.6. The van der Waals surface area contributed by atoms with Crippen molar-refractivity contribution >= 4 is 29.6 Å². The number of rotatable bonds is 4. The lowest BCUT2D eigenvalue weighted by atomic mass is 10.3. The van der Waals surface area contributed by atoms with Gasteiger partial charge in [0.05, 0.1) is 6.54 Å². The van der Waals surface area contributed by atoms with Gasteiger partial charge in [0.25, 0.3) is 0 Å². The zero-order valence-electron chi connectivity index (χ0n) is 10.7. The Morgan fingerprint density at radius 2 is 1.86 bits per heavy atom. The fraction of sp³-hybridized carbons (Fsp3) is 0.300. The lowest BCUT2D eigenvalue weighted by Crippen LogP contribution is -2.34. The smallest absolute Gasteiger partial charge is 0.425 e. The largest absolute Gasteiger partial charge is 0.439 e. The lowest BCUT2D eigenvalue weighted by molar-refractivity contribution is -0.134. The Bertz CT molecular complexity index is 574. The molecule has 1 aromatic heterocycles. The molecule has 0 bridgehead atoms. The number of alkyl halides is 3. The number of halogens is 3. The van der Waals surface area contributed by atoms with Crippen LogP contribution in [0.3, 0.4) is 0 Å². The third kappa shape index (κ3) is 5.47. The van der Waals surface area contributed by atoms with Crippen molar-refractivity contribution in [1.29, 1.82) is 0 Å². The van der Waals surface area contributed by atoms with Gasteiger partial charge in [0, 0.05) is 4.88 Å². The molecule has 1 atom stereocenters. The maximum atomic E-state index is 12.5. The van der Waals surface area contributed by atoms with Crippen LogP contribution in [0.1, 0.15) is 15.9 Å². The molecule has 0 aliphatic heterocycles. The van der Waals surface area contributed by atoms with Crippen molar-refractivity contribution in [3.05, 3.63) is 21.9 Å². The second-order valence-electron chi connectivity index (χ2n) is 3.71. The van der Waals surface area contributed by atoms with Crippen molar-refractivity contribution in [2.45, 2.75) is 12.3 Å². The van der Waals surface area contributed by atoms with Crippen molar-refractivity contribution < 1.29 is 37.0 Å². The number of carbonyl (C=O) groups excluding carboxylic acids is 3. The number of thiophene rings is 1. The number of amides is 3. The van der Waals surface area contributed by atoms with Crippen LogP contribution in [0.15, 0.2) is 12.1 Å². The Morgan fingerprint density at radius 3 is 2.32 bits per heavy atom. The van der Waals surface area contributed by atoms with Gasteiger partial charge in [-0.2, -0.15) is 13.2 Å². The fourth-order valence-electron chi connectivity index (χ4n) is 1.32. The number of hydrogen-bond acceptors (Lipinski definition) is 6. The molecule has 22 heavy (non-hydrogen) atoms. The molecule has 0 saturated heterocycles. The number of primary amides is 2. The molecule has 0 saturated carbocycles. The SMILES string of the molecule is NC(=O)OC(=O)NCC(OC(N)=O)c1ccc(C(F)(F)F)s1. The third-order valence-corrected chi connectivity index (χ3v) is 3.33. The van der Waals surface area contributed by atoms with Gasteiger partial charge in [0.1, 0.15) is 4.88 Å². The van der Waals surface area contributed by atoms with Crippen molar-refractivity contribution in [2.24, 2.45) is 11.5 Å². The first-order chi connectivity index (χ1) is 10.1. The highest BCUT2D eigenvalue weighted by molar-refractivity contribution is 7.12. The Hall–Kier alpha value is -2.50. The maximum Gasteiger partial charge on any atom is 0.425 e. The number of hydrogen-bond donors (Lipinski definition) is 3. The van der Waals surface area contributed by atoms with E-state index in [0.29, 0.717) is 11.3 Å². The normalized spacial score (nSPS) is 12.3. The summed E-state index contributed by atoms with van der Waals surface area (Å²) in [6, 6.07) is 1.86. The average molecular weight is 341 g/mol. The van der Waals surface area contributed by atoms with Crippen LogP contribution in [0, 0.1) is 0 Å². The van der Waals surface area contributed by atoms with Gasteiger partial charge in [-0.15, -0.1) is 11.3 Å². The van der Waals surface area contributed by atoms with Crippen LogP contribution in [-0.2, 0) is 15.7 Å². The number of nitrogens with one attached hydrogen (secondary N) is 1. The van der Waals surface area contributed by atoms with E-state index in [9.17, 15) is 27.6 Å². The Labute approximate surface area is 125 Å².